The number of aliphatic imine (C=N–C) groups is 1. The summed E-state index contributed by atoms with van der Waals surface area (Å²) < 4.78 is 11.2. The van der Waals surface area contributed by atoms with Crippen LogP contribution in [0.1, 0.15) is 28.8 Å². The molecule has 0 aliphatic carbocycles. The summed E-state index contributed by atoms with van der Waals surface area (Å²) in [6.45, 7) is 0.118. The minimum Gasteiger partial charge on any atom is -0.455 e. The Morgan fingerprint density at radius 2 is 1.68 bits per heavy atom. The number of nitrogens with one attached hydrogen (secondary N) is 2. The van der Waals surface area contributed by atoms with Gasteiger partial charge in [-0.2, -0.15) is 0 Å². The average Bonchev–Trinajstić information content (AvgIpc) is 2.96. The summed E-state index contributed by atoms with van der Waals surface area (Å²) in [6.07, 6.45) is 0. The number of hydrogen-bond acceptors (Lipinski definition) is 7. The Hall–Kier alpha value is -4.46. The summed E-state index contributed by atoms with van der Waals surface area (Å²) in [6, 6.07) is 28.7. The third-order valence-corrected chi connectivity index (χ3v) is 6.80. The van der Waals surface area contributed by atoms with Crippen molar-refractivity contribution in [2.45, 2.75) is 18.7 Å². The summed E-state index contributed by atoms with van der Waals surface area (Å²) in [5.74, 6) is -0.558. The van der Waals surface area contributed by atoms with E-state index in [1.807, 2.05) is 78.9 Å². The number of esters is 1. The normalized spacial score (nSPS) is 17.1. The second-order valence-corrected chi connectivity index (χ2v) is 9.40. The van der Waals surface area contributed by atoms with Crippen LogP contribution in [0.25, 0.3) is 21.7 Å². The van der Waals surface area contributed by atoms with Crippen LogP contribution in [0.3, 0.4) is 0 Å². The quantitative estimate of drug-likeness (QED) is 0.176. The molecule has 2 heterocycles. The van der Waals surface area contributed by atoms with Gasteiger partial charge in [-0.15, -0.1) is 0 Å². The molecule has 0 bridgehead atoms. The SMILES string of the molecule is O=C(OCc1ccccc1)C1=NC(c2ccc(Cl)cc2)C(c2cc(=O)oc3c2ccc2ccccc23)NN1. The first kappa shape index (κ1) is 23.9. The third kappa shape index (κ3) is 4.65. The summed E-state index contributed by atoms with van der Waals surface area (Å²) >= 11 is 6.15. The molecular formula is C30H22ClN3O4. The zero-order valence-electron chi connectivity index (χ0n) is 20.1. The summed E-state index contributed by atoms with van der Waals surface area (Å²) in [4.78, 5) is 30.4. The van der Waals surface area contributed by atoms with Gasteiger partial charge in [-0.1, -0.05) is 90.5 Å². The highest BCUT2D eigenvalue weighted by atomic mass is 35.5. The molecule has 8 heteroatoms. The molecule has 6 rings (SSSR count). The number of carbonyl (C=O) groups excluding carboxylic acids is 1. The Bertz CT molecular complexity index is 1730. The van der Waals surface area contributed by atoms with Crippen LogP contribution < -0.4 is 16.5 Å². The van der Waals surface area contributed by atoms with Crippen molar-refractivity contribution in [2.24, 2.45) is 4.99 Å². The number of rotatable bonds is 5. The zero-order chi connectivity index (χ0) is 26.1. The molecule has 188 valence electrons. The van der Waals surface area contributed by atoms with E-state index in [9.17, 15) is 9.59 Å². The van der Waals surface area contributed by atoms with Gasteiger partial charge >= 0.3 is 11.6 Å². The minimum absolute atomic E-state index is 0.0369. The Labute approximate surface area is 222 Å². The van der Waals surface area contributed by atoms with Crippen molar-refractivity contribution in [2.75, 3.05) is 0 Å². The number of fused-ring (bicyclic) bond motifs is 3. The Morgan fingerprint density at radius 3 is 2.50 bits per heavy atom. The van der Waals surface area contributed by atoms with Gasteiger partial charge in [0.1, 0.15) is 12.2 Å². The smallest absolute Gasteiger partial charge is 0.375 e. The topological polar surface area (TPSA) is 92.9 Å². The minimum atomic E-state index is -0.595. The lowest BCUT2D eigenvalue weighted by atomic mass is 9.91. The Morgan fingerprint density at radius 1 is 0.921 bits per heavy atom. The van der Waals surface area contributed by atoms with E-state index in [1.165, 1.54) is 6.07 Å². The standard InChI is InChI=1S/C30H22ClN3O4/c31-21-13-10-20(11-14-21)26-27(33-34-29(32-26)30(36)37-17-18-6-2-1-3-7-18)24-16-25(35)38-28-22-9-5-4-8-19(22)12-15-23(24)28/h1-16,26-27,33H,17H2,(H,32,34). The maximum absolute atomic E-state index is 12.9. The summed E-state index contributed by atoms with van der Waals surface area (Å²) in [5, 5.41) is 3.15. The molecule has 0 saturated heterocycles. The van der Waals surface area contributed by atoms with Crippen molar-refractivity contribution in [3.63, 3.8) is 0 Å². The van der Waals surface area contributed by atoms with Crippen molar-refractivity contribution in [3.8, 4) is 0 Å². The highest BCUT2D eigenvalue weighted by Crippen LogP contribution is 2.38. The third-order valence-electron chi connectivity index (χ3n) is 6.55. The molecule has 2 N–H and O–H groups in total. The molecule has 1 aliphatic heterocycles. The van der Waals surface area contributed by atoms with Crippen LogP contribution in [0.15, 0.2) is 111 Å². The van der Waals surface area contributed by atoms with Crippen LogP contribution in [0.2, 0.25) is 5.02 Å². The molecule has 0 radical (unpaired) electrons. The molecule has 0 amide bonds. The number of hydrogen-bond donors (Lipinski definition) is 2. The van der Waals surface area contributed by atoms with Crippen molar-refractivity contribution in [1.82, 2.24) is 10.9 Å². The number of amidine groups is 1. The lowest BCUT2D eigenvalue weighted by Gasteiger charge is -2.32. The predicted molar refractivity (Wildman–Crippen MR) is 147 cm³/mol. The fourth-order valence-electron chi connectivity index (χ4n) is 4.71. The first-order valence-electron chi connectivity index (χ1n) is 12.1. The molecule has 5 aromatic rings. The maximum Gasteiger partial charge on any atom is 0.375 e. The van der Waals surface area contributed by atoms with Gasteiger partial charge in [0, 0.05) is 21.9 Å². The molecule has 2 atom stereocenters. The van der Waals surface area contributed by atoms with Crippen LogP contribution in [-0.4, -0.2) is 11.8 Å². The molecule has 1 aromatic heterocycles. The van der Waals surface area contributed by atoms with Gasteiger partial charge in [0.25, 0.3) is 0 Å². The van der Waals surface area contributed by atoms with Gasteiger partial charge in [0.15, 0.2) is 0 Å². The molecule has 0 spiro atoms. The van der Waals surface area contributed by atoms with Gasteiger partial charge in [-0.3, -0.25) is 10.4 Å². The first-order valence-corrected chi connectivity index (χ1v) is 12.5. The first-order chi connectivity index (χ1) is 18.6. The molecular weight excluding hydrogens is 502 g/mol. The largest absolute Gasteiger partial charge is 0.455 e. The maximum atomic E-state index is 12.9. The second-order valence-electron chi connectivity index (χ2n) is 8.97. The Balaban J connectivity index is 1.42. The average molecular weight is 524 g/mol. The lowest BCUT2D eigenvalue weighted by molar-refractivity contribution is -0.137. The van der Waals surface area contributed by atoms with Gasteiger partial charge in [0.2, 0.25) is 5.84 Å². The number of halogens is 1. The summed E-state index contributed by atoms with van der Waals surface area (Å²) in [5.41, 5.74) is 8.49. The van der Waals surface area contributed by atoms with Gasteiger partial charge < -0.3 is 9.15 Å². The highest BCUT2D eigenvalue weighted by Gasteiger charge is 2.33. The number of hydrazine groups is 1. The van der Waals surface area contributed by atoms with E-state index in [1.54, 1.807) is 12.1 Å². The van der Waals surface area contributed by atoms with E-state index >= 15 is 0 Å². The molecule has 7 nitrogen and oxygen atoms in total. The fraction of sp³-hybridized carbons (Fsp3) is 0.100. The molecule has 4 aromatic carbocycles. The van der Waals surface area contributed by atoms with Crippen LogP contribution in [0.5, 0.6) is 0 Å². The molecule has 0 fully saturated rings. The van der Waals surface area contributed by atoms with E-state index in [4.69, 9.17) is 25.7 Å². The van der Waals surface area contributed by atoms with Crippen molar-refractivity contribution >= 4 is 45.1 Å². The molecule has 38 heavy (non-hydrogen) atoms. The van der Waals surface area contributed by atoms with E-state index in [0.29, 0.717) is 16.2 Å². The number of benzene rings is 4. The Kier molecular flexibility index (Phi) is 6.37. The highest BCUT2D eigenvalue weighted by molar-refractivity contribution is 6.35. The second kappa shape index (κ2) is 10.1. The van der Waals surface area contributed by atoms with Crippen LogP contribution in [0.4, 0.5) is 0 Å². The van der Waals surface area contributed by atoms with Crippen LogP contribution in [-0.2, 0) is 16.1 Å². The van der Waals surface area contributed by atoms with Crippen molar-refractivity contribution < 1.29 is 13.9 Å². The van der Waals surface area contributed by atoms with Crippen LogP contribution >= 0.6 is 11.6 Å². The van der Waals surface area contributed by atoms with E-state index < -0.39 is 23.7 Å². The van der Waals surface area contributed by atoms with E-state index in [-0.39, 0.29) is 12.4 Å². The predicted octanol–water partition coefficient (Wildman–Crippen LogP) is 5.63. The number of nitrogens with zero attached hydrogens (tertiary/aromatic N) is 1. The van der Waals surface area contributed by atoms with Gasteiger partial charge in [-0.05, 0) is 34.2 Å². The van der Waals surface area contributed by atoms with E-state index in [0.717, 1.165) is 27.3 Å². The number of ether oxygens (including phenoxy) is 1. The molecule has 1 aliphatic rings. The zero-order valence-corrected chi connectivity index (χ0v) is 20.8. The van der Waals surface area contributed by atoms with Crippen LogP contribution in [0, 0.1) is 0 Å². The monoisotopic (exact) mass is 523 g/mol. The van der Waals surface area contributed by atoms with Gasteiger partial charge in [0.05, 0.1) is 12.1 Å². The fourth-order valence-corrected chi connectivity index (χ4v) is 4.84. The molecule has 0 saturated carbocycles. The van der Waals surface area contributed by atoms with Crippen molar-refractivity contribution in [3.05, 3.63) is 129 Å². The summed E-state index contributed by atoms with van der Waals surface area (Å²) in [7, 11) is 0. The molecule has 2 unspecified atom stereocenters. The lowest BCUT2D eigenvalue weighted by Crippen LogP contribution is -2.50. The van der Waals surface area contributed by atoms with Crippen molar-refractivity contribution in [1.29, 1.82) is 0 Å². The number of carbonyl (C=O) groups is 1. The van der Waals surface area contributed by atoms with Gasteiger partial charge in [-0.25, -0.2) is 15.0 Å². The van der Waals surface area contributed by atoms with E-state index in [2.05, 4.69) is 10.9 Å².